The van der Waals surface area contributed by atoms with Crippen molar-refractivity contribution in [3.63, 3.8) is 0 Å². The van der Waals surface area contributed by atoms with Crippen molar-refractivity contribution in [1.82, 2.24) is 9.97 Å². The van der Waals surface area contributed by atoms with Crippen molar-refractivity contribution in [3.8, 4) is 11.3 Å². The molecule has 3 heteroatoms. The highest BCUT2D eigenvalue weighted by atomic mass is 32.1. The second-order valence-corrected chi connectivity index (χ2v) is 5.96. The highest BCUT2D eigenvalue weighted by molar-refractivity contribution is 7.71. The molecule has 0 saturated heterocycles. The lowest BCUT2D eigenvalue weighted by Gasteiger charge is -2.20. The SMILES string of the molecule is Cc1cc(C(C)(C)C)ccc1-c1ccnc(=S)[nH]1. The van der Waals surface area contributed by atoms with Crippen LogP contribution in [-0.2, 0) is 5.41 Å². The molecule has 2 nitrogen and oxygen atoms in total. The van der Waals surface area contributed by atoms with Crippen LogP contribution in [-0.4, -0.2) is 9.97 Å². The van der Waals surface area contributed by atoms with Gasteiger partial charge in [-0.15, -0.1) is 0 Å². The summed E-state index contributed by atoms with van der Waals surface area (Å²) in [5.74, 6) is 0. The van der Waals surface area contributed by atoms with Gasteiger partial charge in [-0.25, -0.2) is 4.98 Å². The minimum atomic E-state index is 0.175. The Balaban J connectivity index is 2.52. The van der Waals surface area contributed by atoms with Gasteiger partial charge in [-0.05, 0) is 41.7 Å². The summed E-state index contributed by atoms with van der Waals surface area (Å²) < 4.78 is 0.520. The maximum absolute atomic E-state index is 5.06. The molecule has 2 aromatic rings. The number of aromatic amines is 1. The number of H-pyrrole nitrogens is 1. The Morgan fingerprint density at radius 2 is 1.89 bits per heavy atom. The van der Waals surface area contributed by atoms with Crippen molar-refractivity contribution in [1.29, 1.82) is 0 Å². The standard InChI is InChI=1S/C15H18N2S/c1-10-9-11(15(2,3)4)5-6-12(10)13-7-8-16-14(18)17-13/h5-9H,1-4H3,(H,16,17,18). The van der Waals surface area contributed by atoms with Crippen LogP contribution in [0.15, 0.2) is 30.5 Å². The zero-order valence-electron chi connectivity index (χ0n) is 11.2. The van der Waals surface area contributed by atoms with E-state index in [2.05, 4.69) is 55.9 Å². The van der Waals surface area contributed by atoms with E-state index in [0.29, 0.717) is 4.77 Å². The van der Waals surface area contributed by atoms with E-state index in [-0.39, 0.29) is 5.41 Å². The number of hydrogen-bond acceptors (Lipinski definition) is 2. The van der Waals surface area contributed by atoms with Crippen molar-refractivity contribution in [2.75, 3.05) is 0 Å². The third kappa shape index (κ3) is 2.67. The quantitative estimate of drug-likeness (QED) is 0.767. The van der Waals surface area contributed by atoms with Gasteiger partial charge in [0.1, 0.15) is 0 Å². The minimum absolute atomic E-state index is 0.175. The van der Waals surface area contributed by atoms with Crippen molar-refractivity contribution < 1.29 is 0 Å². The third-order valence-corrected chi connectivity index (χ3v) is 3.26. The number of hydrogen-bond donors (Lipinski definition) is 1. The van der Waals surface area contributed by atoms with Crippen LogP contribution in [0.1, 0.15) is 31.9 Å². The summed E-state index contributed by atoms with van der Waals surface area (Å²) in [6.45, 7) is 8.80. The number of nitrogens with one attached hydrogen (secondary N) is 1. The summed E-state index contributed by atoms with van der Waals surface area (Å²) in [5, 5.41) is 0. The first-order valence-electron chi connectivity index (χ1n) is 6.05. The van der Waals surface area contributed by atoms with E-state index in [9.17, 15) is 0 Å². The molecular weight excluding hydrogens is 240 g/mol. The van der Waals surface area contributed by atoms with Crippen LogP contribution in [0.25, 0.3) is 11.3 Å². The van der Waals surface area contributed by atoms with Gasteiger partial charge in [0.2, 0.25) is 0 Å². The minimum Gasteiger partial charge on any atom is -0.330 e. The molecule has 0 saturated carbocycles. The van der Waals surface area contributed by atoms with Gasteiger partial charge in [0.25, 0.3) is 0 Å². The fourth-order valence-corrected chi connectivity index (χ4v) is 2.13. The van der Waals surface area contributed by atoms with Gasteiger partial charge in [0.05, 0.1) is 0 Å². The molecule has 94 valence electrons. The van der Waals surface area contributed by atoms with Gasteiger partial charge < -0.3 is 4.98 Å². The van der Waals surface area contributed by atoms with E-state index in [1.54, 1.807) is 6.20 Å². The molecule has 0 aliphatic carbocycles. The Hall–Kier alpha value is -1.48. The van der Waals surface area contributed by atoms with E-state index in [1.165, 1.54) is 16.7 Å². The molecule has 2 rings (SSSR count). The zero-order chi connectivity index (χ0) is 13.3. The molecule has 0 atom stereocenters. The Bertz CT molecular complexity index is 621. The van der Waals surface area contributed by atoms with Gasteiger partial charge in [0.15, 0.2) is 4.77 Å². The summed E-state index contributed by atoms with van der Waals surface area (Å²) in [5.41, 5.74) is 4.97. The second-order valence-electron chi connectivity index (χ2n) is 5.57. The number of aryl methyl sites for hydroxylation is 1. The van der Waals surface area contributed by atoms with Crippen LogP contribution in [0.3, 0.4) is 0 Å². The normalized spacial score (nSPS) is 11.6. The van der Waals surface area contributed by atoms with Crippen LogP contribution < -0.4 is 0 Å². The first-order chi connectivity index (χ1) is 8.38. The first-order valence-corrected chi connectivity index (χ1v) is 6.45. The van der Waals surface area contributed by atoms with Crippen molar-refractivity contribution >= 4 is 12.2 Å². The Morgan fingerprint density at radius 1 is 1.17 bits per heavy atom. The van der Waals surface area contributed by atoms with E-state index < -0.39 is 0 Å². The summed E-state index contributed by atoms with van der Waals surface area (Å²) in [6.07, 6.45) is 1.74. The highest BCUT2D eigenvalue weighted by Gasteiger charge is 2.14. The van der Waals surface area contributed by atoms with E-state index >= 15 is 0 Å². The molecule has 1 N–H and O–H groups in total. The Labute approximate surface area is 113 Å². The molecule has 0 aliphatic rings. The van der Waals surface area contributed by atoms with Gasteiger partial charge in [0, 0.05) is 17.5 Å². The maximum Gasteiger partial charge on any atom is 0.197 e. The molecular formula is C15H18N2S. The Morgan fingerprint density at radius 3 is 2.44 bits per heavy atom. The predicted octanol–water partition coefficient (Wildman–Crippen LogP) is 4.41. The fourth-order valence-electron chi connectivity index (χ4n) is 1.96. The predicted molar refractivity (Wildman–Crippen MR) is 78.3 cm³/mol. The van der Waals surface area contributed by atoms with E-state index in [1.807, 2.05) is 6.07 Å². The largest absolute Gasteiger partial charge is 0.330 e. The molecule has 0 radical (unpaired) electrons. The molecule has 0 unspecified atom stereocenters. The summed E-state index contributed by atoms with van der Waals surface area (Å²) in [7, 11) is 0. The zero-order valence-corrected chi connectivity index (χ0v) is 12.1. The van der Waals surface area contributed by atoms with Crippen LogP contribution in [0, 0.1) is 11.7 Å². The monoisotopic (exact) mass is 258 g/mol. The van der Waals surface area contributed by atoms with Crippen LogP contribution >= 0.6 is 12.2 Å². The van der Waals surface area contributed by atoms with Gasteiger partial charge in [-0.1, -0.05) is 39.0 Å². The fraction of sp³-hybridized carbons (Fsp3) is 0.333. The average Bonchev–Trinajstić information content (AvgIpc) is 2.27. The molecule has 1 aromatic carbocycles. The number of aromatic nitrogens is 2. The molecule has 0 fully saturated rings. The molecule has 0 spiro atoms. The first kappa shape index (κ1) is 13.0. The van der Waals surface area contributed by atoms with Gasteiger partial charge in [-0.2, -0.15) is 0 Å². The molecule has 18 heavy (non-hydrogen) atoms. The molecule has 1 aromatic heterocycles. The lowest BCUT2D eigenvalue weighted by Crippen LogP contribution is -2.11. The molecule has 0 bridgehead atoms. The third-order valence-electron chi connectivity index (χ3n) is 3.06. The number of benzene rings is 1. The van der Waals surface area contributed by atoms with Crippen LogP contribution in [0.2, 0.25) is 0 Å². The number of nitrogens with zero attached hydrogens (tertiary/aromatic N) is 1. The van der Waals surface area contributed by atoms with Gasteiger partial charge >= 0.3 is 0 Å². The molecule has 0 amide bonds. The Kier molecular flexibility index (Phi) is 3.35. The lowest BCUT2D eigenvalue weighted by atomic mass is 9.85. The summed E-state index contributed by atoms with van der Waals surface area (Å²) >= 11 is 5.06. The summed E-state index contributed by atoms with van der Waals surface area (Å²) in [6, 6.07) is 8.53. The maximum atomic E-state index is 5.06. The van der Waals surface area contributed by atoms with Gasteiger partial charge in [-0.3, -0.25) is 0 Å². The lowest BCUT2D eigenvalue weighted by molar-refractivity contribution is 0.590. The molecule has 0 aliphatic heterocycles. The average molecular weight is 258 g/mol. The number of rotatable bonds is 1. The van der Waals surface area contributed by atoms with E-state index in [0.717, 1.165) is 5.69 Å². The molecule has 1 heterocycles. The smallest absolute Gasteiger partial charge is 0.197 e. The van der Waals surface area contributed by atoms with Crippen LogP contribution in [0.5, 0.6) is 0 Å². The van der Waals surface area contributed by atoms with Crippen LogP contribution in [0.4, 0.5) is 0 Å². The van der Waals surface area contributed by atoms with E-state index in [4.69, 9.17) is 12.2 Å². The second kappa shape index (κ2) is 4.65. The van der Waals surface area contributed by atoms with Crippen molar-refractivity contribution in [3.05, 3.63) is 46.4 Å². The topological polar surface area (TPSA) is 28.7 Å². The summed E-state index contributed by atoms with van der Waals surface area (Å²) in [4.78, 5) is 7.14. The highest BCUT2D eigenvalue weighted by Crippen LogP contribution is 2.28. The van der Waals surface area contributed by atoms with Crippen molar-refractivity contribution in [2.24, 2.45) is 0 Å². The van der Waals surface area contributed by atoms with Crippen molar-refractivity contribution in [2.45, 2.75) is 33.1 Å².